The quantitative estimate of drug-likeness (QED) is 0.747. The Hall–Kier alpha value is -2.03. The largest absolute Gasteiger partial charge is 0.354 e. The van der Waals surface area contributed by atoms with E-state index in [0.717, 1.165) is 51.3 Å². The van der Waals surface area contributed by atoms with Crippen LogP contribution in [0.2, 0.25) is 0 Å². The van der Waals surface area contributed by atoms with Gasteiger partial charge in [0.1, 0.15) is 16.5 Å². The van der Waals surface area contributed by atoms with E-state index in [1.54, 1.807) is 22.5 Å². The van der Waals surface area contributed by atoms with E-state index in [1.807, 2.05) is 12.1 Å². The molecule has 6 nitrogen and oxygen atoms in total. The van der Waals surface area contributed by atoms with Crippen molar-refractivity contribution in [2.24, 2.45) is 0 Å². The van der Waals surface area contributed by atoms with E-state index in [0.29, 0.717) is 25.2 Å². The Bertz CT molecular complexity index is 922. The van der Waals surface area contributed by atoms with Gasteiger partial charge in [0.05, 0.1) is 0 Å². The van der Waals surface area contributed by atoms with Crippen LogP contribution >= 0.6 is 0 Å². The van der Waals surface area contributed by atoms with Crippen molar-refractivity contribution in [3.8, 4) is 0 Å². The second kappa shape index (κ2) is 8.77. The number of nitrogens with zero attached hydrogens (tertiary/aromatic N) is 4. The molecule has 0 N–H and O–H groups in total. The Kier molecular flexibility index (Phi) is 6.12. The maximum atomic E-state index is 13.9. The van der Waals surface area contributed by atoms with Gasteiger partial charge in [-0.15, -0.1) is 0 Å². The van der Waals surface area contributed by atoms with Crippen molar-refractivity contribution in [2.75, 3.05) is 44.2 Å². The first-order valence-corrected chi connectivity index (χ1v) is 11.6. The summed E-state index contributed by atoms with van der Waals surface area (Å²) < 4.78 is 40.9. The Labute approximate surface area is 172 Å². The number of aromatic nitrogens is 1. The highest BCUT2D eigenvalue weighted by molar-refractivity contribution is 7.89. The fourth-order valence-electron chi connectivity index (χ4n) is 3.97. The second-order valence-corrected chi connectivity index (χ2v) is 9.61. The van der Waals surface area contributed by atoms with Gasteiger partial charge in [-0.2, -0.15) is 4.31 Å². The molecule has 3 heterocycles. The average molecular weight is 419 g/mol. The summed E-state index contributed by atoms with van der Waals surface area (Å²) in [4.78, 5) is 9.07. The van der Waals surface area contributed by atoms with E-state index in [9.17, 15) is 12.8 Å². The van der Waals surface area contributed by atoms with Crippen molar-refractivity contribution in [1.29, 1.82) is 0 Å². The smallest absolute Gasteiger partial charge is 0.244 e. The number of rotatable bonds is 5. The van der Waals surface area contributed by atoms with E-state index in [4.69, 9.17) is 0 Å². The number of hydrogen-bond donors (Lipinski definition) is 0. The molecule has 0 radical (unpaired) electrons. The minimum absolute atomic E-state index is 0.165. The standard InChI is InChI=1S/C21H27FN4O2S/c22-20-7-3-2-6-18(20)17-24-12-14-25(15-13-24)21-9-8-19(16-23-21)29(27,28)26-10-4-1-5-11-26/h2-3,6-9,16H,1,4-5,10-15,17H2. The number of hydrogen-bond acceptors (Lipinski definition) is 5. The maximum absolute atomic E-state index is 13.9. The van der Waals surface area contributed by atoms with Gasteiger partial charge in [0.25, 0.3) is 0 Å². The average Bonchev–Trinajstić information content (AvgIpc) is 2.77. The predicted octanol–water partition coefficient (Wildman–Crippen LogP) is 2.72. The fourth-order valence-corrected chi connectivity index (χ4v) is 5.43. The third-order valence-electron chi connectivity index (χ3n) is 5.72. The summed E-state index contributed by atoms with van der Waals surface area (Å²) in [5.41, 5.74) is 0.714. The van der Waals surface area contributed by atoms with Crippen LogP contribution < -0.4 is 4.90 Å². The van der Waals surface area contributed by atoms with Crippen LogP contribution in [0.15, 0.2) is 47.5 Å². The molecule has 0 unspecified atom stereocenters. The molecule has 2 aliphatic heterocycles. The summed E-state index contributed by atoms with van der Waals surface area (Å²) >= 11 is 0. The molecule has 2 saturated heterocycles. The zero-order chi connectivity index (χ0) is 20.3. The molecule has 8 heteroatoms. The van der Waals surface area contributed by atoms with E-state index in [-0.39, 0.29) is 10.7 Å². The number of benzene rings is 1. The van der Waals surface area contributed by atoms with Gasteiger partial charge in [0.15, 0.2) is 0 Å². The lowest BCUT2D eigenvalue weighted by molar-refractivity contribution is 0.246. The first kappa shape index (κ1) is 20.3. The van der Waals surface area contributed by atoms with Crippen LogP contribution in [0.3, 0.4) is 0 Å². The molecule has 156 valence electrons. The number of piperidine rings is 1. The molecule has 0 saturated carbocycles. The molecule has 1 aromatic carbocycles. The first-order valence-electron chi connectivity index (χ1n) is 10.2. The molecule has 0 amide bonds. The summed E-state index contributed by atoms with van der Waals surface area (Å²) in [6.45, 7) is 4.95. The zero-order valence-electron chi connectivity index (χ0n) is 16.5. The molecule has 0 aliphatic carbocycles. The van der Waals surface area contributed by atoms with E-state index in [1.165, 1.54) is 12.3 Å². The molecule has 0 spiro atoms. The summed E-state index contributed by atoms with van der Waals surface area (Å²) in [5.74, 6) is 0.621. The first-order chi connectivity index (χ1) is 14.0. The van der Waals surface area contributed by atoms with Gasteiger partial charge in [0, 0.05) is 57.6 Å². The van der Waals surface area contributed by atoms with Crippen LogP contribution in [-0.2, 0) is 16.6 Å². The Morgan fingerprint density at radius 2 is 1.62 bits per heavy atom. The SMILES string of the molecule is O=S(=O)(c1ccc(N2CCN(Cc3ccccc3F)CC2)nc1)N1CCCCC1. The number of sulfonamides is 1. The van der Waals surface area contributed by atoms with E-state index in [2.05, 4.69) is 14.8 Å². The van der Waals surface area contributed by atoms with Crippen molar-refractivity contribution in [3.63, 3.8) is 0 Å². The Morgan fingerprint density at radius 1 is 0.897 bits per heavy atom. The van der Waals surface area contributed by atoms with Gasteiger partial charge >= 0.3 is 0 Å². The van der Waals surface area contributed by atoms with Gasteiger partial charge in [-0.3, -0.25) is 4.90 Å². The molecular formula is C21H27FN4O2S. The normalized spacial score (nSPS) is 19.4. The lowest BCUT2D eigenvalue weighted by Gasteiger charge is -2.35. The minimum atomic E-state index is -3.45. The summed E-state index contributed by atoms with van der Waals surface area (Å²) in [7, 11) is -3.45. The van der Waals surface area contributed by atoms with Crippen molar-refractivity contribution >= 4 is 15.8 Å². The van der Waals surface area contributed by atoms with Crippen LogP contribution in [-0.4, -0.2) is 61.9 Å². The lowest BCUT2D eigenvalue weighted by atomic mass is 10.2. The topological polar surface area (TPSA) is 56.8 Å². The monoisotopic (exact) mass is 418 g/mol. The number of anilines is 1. The molecule has 4 rings (SSSR count). The Morgan fingerprint density at radius 3 is 2.28 bits per heavy atom. The summed E-state index contributed by atoms with van der Waals surface area (Å²) in [5, 5.41) is 0. The molecule has 2 aromatic rings. The van der Waals surface area contributed by atoms with Crippen LogP contribution in [0.5, 0.6) is 0 Å². The van der Waals surface area contributed by atoms with Crippen molar-refractivity contribution in [2.45, 2.75) is 30.7 Å². The third kappa shape index (κ3) is 4.60. The van der Waals surface area contributed by atoms with Gasteiger partial charge < -0.3 is 4.90 Å². The van der Waals surface area contributed by atoms with E-state index < -0.39 is 10.0 Å². The van der Waals surface area contributed by atoms with Gasteiger partial charge in [-0.1, -0.05) is 24.6 Å². The highest BCUT2D eigenvalue weighted by atomic mass is 32.2. The molecule has 0 bridgehead atoms. The number of piperazine rings is 1. The van der Waals surface area contributed by atoms with Gasteiger partial charge in [-0.05, 0) is 31.0 Å². The van der Waals surface area contributed by atoms with Crippen LogP contribution in [0.4, 0.5) is 10.2 Å². The molecule has 0 atom stereocenters. The van der Waals surface area contributed by atoms with Gasteiger partial charge in [-0.25, -0.2) is 17.8 Å². The maximum Gasteiger partial charge on any atom is 0.244 e. The zero-order valence-corrected chi connectivity index (χ0v) is 17.3. The van der Waals surface area contributed by atoms with Crippen molar-refractivity contribution in [3.05, 3.63) is 54.0 Å². The predicted molar refractivity (Wildman–Crippen MR) is 111 cm³/mol. The van der Waals surface area contributed by atoms with Crippen molar-refractivity contribution < 1.29 is 12.8 Å². The van der Waals surface area contributed by atoms with Gasteiger partial charge in [0.2, 0.25) is 10.0 Å². The Balaban J connectivity index is 1.36. The lowest BCUT2D eigenvalue weighted by Crippen LogP contribution is -2.46. The van der Waals surface area contributed by atoms with Crippen molar-refractivity contribution in [1.82, 2.24) is 14.2 Å². The molecular weight excluding hydrogens is 391 g/mol. The third-order valence-corrected chi connectivity index (χ3v) is 7.60. The fraction of sp³-hybridized carbons (Fsp3) is 0.476. The molecule has 1 aromatic heterocycles. The molecule has 29 heavy (non-hydrogen) atoms. The summed E-state index contributed by atoms with van der Waals surface area (Å²) in [6, 6.07) is 10.3. The highest BCUT2D eigenvalue weighted by Gasteiger charge is 2.26. The number of halogens is 1. The molecule has 2 fully saturated rings. The number of pyridine rings is 1. The highest BCUT2D eigenvalue weighted by Crippen LogP contribution is 2.22. The van der Waals surface area contributed by atoms with Crippen LogP contribution in [0.1, 0.15) is 24.8 Å². The van der Waals surface area contributed by atoms with Crippen LogP contribution in [0.25, 0.3) is 0 Å². The van der Waals surface area contributed by atoms with E-state index >= 15 is 0 Å². The second-order valence-electron chi connectivity index (χ2n) is 7.67. The molecule has 2 aliphatic rings. The summed E-state index contributed by atoms with van der Waals surface area (Å²) in [6.07, 6.45) is 4.40. The minimum Gasteiger partial charge on any atom is -0.354 e. The van der Waals surface area contributed by atoms with Crippen LogP contribution in [0, 0.1) is 5.82 Å².